The van der Waals surface area contributed by atoms with E-state index in [1.165, 1.54) is 5.56 Å². The number of piperidine rings is 1. The second kappa shape index (κ2) is 9.06. The van der Waals surface area contributed by atoms with Crippen LogP contribution in [0.3, 0.4) is 0 Å². The molecule has 2 rings (SSSR count). The number of ether oxygens (including phenoxy) is 1. The number of hydrogen-bond acceptors (Lipinski definition) is 3. The first-order valence-corrected chi connectivity index (χ1v) is 9.60. The number of likely N-dealkylation sites (tertiary alicyclic amines) is 1. The monoisotopic (exact) mass is 360 g/mol. The van der Waals surface area contributed by atoms with Crippen LogP contribution < -0.4 is 10.1 Å². The zero-order valence-corrected chi connectivity index (χ0v) is 16.5. The molecule has 1 N–H and O–H groups in total. The van der Waals surface area contributed by atoms with Crippen molar-refractivity contribution in [2.75, 3.05) is 26.2 Å². The molecule has 0 unspecified atom stereocenters. The Hall–Kier alpha value is -2.04. The molecule has 26 heavy (non-hydrogen) atoms. The van der Waals surface area contributed by atoms with E-state index >= 15 is 0 Å². The molecule has 0 atom stereocenters. The van der Waals surface area contributed by atoms with Gasteiger partial charge in [-0.1, -0.05) is 39.8 Å². The first-order valence-electron chi connectivity index (χ1n) is 9.60. The Morgan fingerprint density at radius 1 is 1.15 bits per heavy atom. The minimum absolute atomic E-state index is 0.0164. The Labute approximate surface area is 157 Å². The quantitative estimate of drug-likeness (QED) is 0.848. The van der Waals surface area contributed by atoms with Crippen molar-refractivity contribution in [3.8, 4) is 5.75 Å². The van der Waals surface area contributed by atoms with E-state index in [1.54, 1.807) is 4.90 Å². The van der Waals surface area contributed by atoms with Gasteiger partial charge >= 0.3 is 0 Å². The fraction of sp³-hybridized carbons (Fsp3) is 0.619. The van der Waals surface area contributed by atoms with Gasteiger partial charge in [0.15, 0.2) is 6.61 Å². The summed E-state index contributed by atoms with van der Waals surface area (Å²) in [6.07, 6.45) is 2.39. The van der Waals surface area contributed by atoms with Crippen molar-refractivity contribution in [2.45, 2.75) is 52.4 Å². The van der Waals surface area contributed by atoms with Crippen LogP contribution >= 0.6 is 0 Å². The van der Waals surface area contributed by atoms with Crippen molar-refractivity contribution in [2.24, 2.45) is 5.92 Å². The van der Waals surface area contributed by atoms with Gasteiger partial charge in [0.1, 0.15) is 5.75 Å². The summed E-state index contributed by atoms with van der Waals surface area (Å²) in [5.74, 6) is 0.836. The maximum Gasteiger partial charge on any atom is 0.260 e. The molecule has 0 saturated carbocycles. The van der Waals surface area contributed by atoms with Gasteiger partial charge < -0.3 is 15.0 Å². The maximum atomic E-state index is 12.3. The molecule has 2 amide bonds. The highest BCUT2D eigenvalue weighted by Gasteiger charge is 2.27. The normalized spacial score (nSPS) is 15.6. The van der Waals surface area contributed by atoms with E-state index in [9.17, 15) is 9.59 Å². The lowest BCUT2D eigenvalue weighted by Crippen LogP contribution is -2.44. The molecule has 144 valence electrons. The number of carbonyl (C=O) groups excluding carboxylic acids is 2. The van der Waals surface area contributed by atoms with Crippen LogP contribution in [0.5, 0.6) is 5.75 Å². The molecule has 1 aliphatic heterocycles. The van der Waals surface area contributed by atoms with Crippen LogP contribution in [-0.2, 0) is 15.0 Å². The highest BCUT2D eigenvalue weighted by Crippen LogP contribution is 2.24. The Balaban J connectivity index is 1.76. The van der Waals surface area contributed by atoms with E-state index in [-0.39, 0.29) is 29.8 Å². The van der Waals surface area contributed by atoms with Crippen molar-refractivity contribution >= 4 is 11.8 Å². The van der Waals surface area contributed by atoms with E-state index in [0.717, 1.165) is 25.8 Å². The van der Waals surface area contributed by atoms with Gasteiger partial charge in [-0.2, -0.15) is 0 Å². The topological polar surface area (TPSA) is 58.6 Å². The van der Waals surface area contributed by atoms with Crippen LogP contribution in [-0.4, -0.2) is 43.0 Å². The van der Waals surface area contributed by atoms with Crippen LogP contribution in [0, 0.1) is 5.92 Å². The number of nitrogens with zero attached hydrogens (tertiary/aromatic N) is 1. The first-order chi connectivity index (χ1) is 12.3. The molecule has 1 aromatic rings. The second-order valence-corrected chi connectivity index (χ2v) is 8.01. The summed E-state index contributed by atoms with van der Waals surface area (Å²) in [6, 6.07) is 7.91. The number of benzene rings is 1. The molecule has 1 saturated heterocycles. The number of amides is 2. The number of nitrogens with one attached hydrogen (secondary N) is 1. The first kappa shape index (κ1) is 20.3. The summed E-state index contributed by atoms with van der Waals surface area (Å²) in [5, 5.41) is 2.94. The van der Waals surface area contributed by atoms with Crippen LogP contribution in [0.2, 0.25) is 0 Å². The summed E-state index contributed by atoms with van der Waals surface area (Å²) < 4.78 is 5.65. The maximum absolute atomic E-state index is 12.3. The summed E-state index contributed by atoms with van der Waals surface area (Å²) in [4.78, 5) is 26.1. The molecular weight excluding hydrogens is 328 g/mol. The van der Waals surface area contributed by atoms with E-state index in [2.05, 4.69) is 26.1 Å². The van der Waals surface area contributed by atoms with E-state index in [0.29, 0.717) is 18.8 Å². The lowest BCUT2D eigenvalue weighted by atomic mass is 9.87. The van der Waals surface area contributed by atoms with E-state index < -0.39 is 0 Å². The van der Waals surface area contributed by atoms with Crippen molar-refractivity contribution in [3.05, 3.63) is 29.8 Å². The van der Waals surface area contributed by atoms with Gasteiger partial charge in [-0.3, -0.25) is 9.59 Å². The molecular formula is C21H32N2O3. The molecule has 0 aromatic heterocycles. The zero-order chi connectivity index (χ0) is 19.2. The van der Waals surface area contributed by atoms with Crippen molar-refractivity contribution in [1.29, 1.82) is 0 Å². The summed E-state index contributed by atoms with van der Waals surface area (Å²) in [5.41, 5.74) is 1.34. The minimum atomic E-state index is -0.0164. The van der Waals surface area contributed by atoms with Gasteiger partial charge in [0, 0.05) is 25.6 Å². The van der Waals surface area contributed by atoms with E-state index in [4.69, 9.17) is 4.74 Å². The van der Waals surface area contributed by atoms with Crippen molar-refractivity contribution in [3.63, 3.8) is 0 Å². The summed E-state index contributed by atoms with van der Waals surface area (Å²) in [7, 11) is 0. The zero-order valence-electron chi connectivity index (χ0n) is 16.5. The minimum Gasteiger partial charge on any atom is -0.484 e. The predicted molar refractivity (Wildman–Crippen MR) is 103 cm³/mol. The molecule has 0 aliphatic carbocycles. The van der Waals surface area contributed by atoms with Crippen LogP contribution in [0.4, 0.5) is 0 Å². The fourth-order valence-corrected chi connectivity index (χ4v) is 3.07. The fourth-order valence-electron chi connectivity index (χ4n) is 3.07. The molecule has 0 spiro atoms. The second-order valence-electron chi connectivity index (χ2n) is 8.01. The van der Waals surface area contributed by atoms with E-state index in [1.807, 2.05) is 31.2 Å². The third kappa shape index (κ3) is 5.75. The number of rotatable bonds is 6. The van der Waals surface area contributed by atoms with Crippen molar-refractivity contribution in [1.82, 2.24) is 10.2 Å². The number of hydrogen-bond donors (Lipinski definition) is 1. The molecule has 0 radical (unpaired) electrons. The van der Waals surface area contributed by atoms with Gasteiger partial charge in [-0.05, 0) is 42.4 Å². The predicted octanol–water partition coefficient (Wildman–Crippen LogP) is 3.13. The molecule has 5 heteroatoms. The molecule has 5 nitrogen and oxygen atoms in total. The van der Waals surface area contributed by atoms with Gasteiger partial charge in [0.25, 0.3) is 5.91 Å². The number of carbonyl (C=O) groups is 2. The SMILES string of the molecule is CCCNC(=O)C1CCN(C(=O)COc2ccc(C(C)(C)C)cc2)CC1. The molecule has 1 aromatic carbocycles. The van der Waals surface area contributed by atoms with Gasteiger partial charge in [0.2, 0.25) is 5.91 Å². The van der Waals surface area contributed by atoms with Gasteiger partial charge in [-0.15, -0.1) is 0 Å². The lowest BCUT2D eigenvalue weighted by molar-refractivity contribution is -0.137. The molecule has 0 bridgehead atoms. The largest absolute Gasteiger partial charge is 0.484 e. The highest BCUT2D eigenvalue weighted by atomic mass is 16.5. The average molecular weight is 360 g/mol. The average Bonchev–Trinajstić information content (AvgIpc) is 2.64. The molecule has 1 fully saturated rings. The lowest BCUT2D eigenvalue weighted by Gasteiger charge is -2.31. The third-order valence-corrected chi connectivity index (χ3v) is 4.85. The standard InChI is InChI=1S/C21H32N2O3/c1-5-12-22-20(25)16-10-13-23(14-11-16)19(24)15-26-18-8-6-17(7-9-18)21(2,3)4/h6-9,16H,5,10-15H2,1-4H3,(H,22,25). The van der Waals surface area contributed by atoms with Gasteiger partial charge in [-0.25, -0.2) is 0 Å². The summed E-state index contributed by atoms with van der Waals surface area (Å²) >= 11 is 0. The van der Waals surface area contributed by atoms with Gasteiger partial charge in [0.05, 0.1) is 0 Å². The molecule has 1 heterocycles. The smallest absolute Gasteiger partial charge is 0.260 e. The van der Waals surface area contributed by atoms with Crippen LogP contribution in [0.25, 0.3) is 0 Å². The Bertz CT molecular complexity index is 597. The van der Waals surface area contributed by atoms with Crippen LogP contribution in [0.15, 0.2) is 24.3 Å². The summed E-state index contributed by atoms with van der Waals surface area (Å²) in [6.45, 7) is 10.5. The van der Waals surface area contributed by atoms with Crippen LogP contribution in [0.1, 0.15) is 52.5 Å². The Morgan fingerprint density at radius 2 is 1.77 bits per heavy atom. The highest BCUT2D eigenvalue weighted by molar-refractivity contribution is 5.80. The Kier molecular flexibility index (Phi) is 7.06. The van der Waals surface area contributed by atoms with Crippen molar-refractivity contribution < 1.29 is 14.3 Å². The molecule has 1 aliphatic rings. The third-order valence-electron chi connectivity index (χ3n) is 4.85. The Morgan fingerprint density at radius 3 is 2.31 bits per heavy atom.